The summed E-state index contributed by atoms with van der Waals surface area (Å²) in [5, 5.41) is 8.85. The SMILES string of the molecule is CN(CC(=O)O)C[C@H]1CN(C(=O)[C@H]2CC(=O)N(C3CCCC3)C2)CCO1. The average Bonchev–Trinajstić information content (AvgIpc) is 3.22. The largest absolute Gasteiger partial charge is 0.480 e. The van der Waals surface area contributed by atoms with Gasteiger partial charge in [0, 0.05) is 38.6 Å². The highest BCUT2D eigenvalue weighted by molar-refractivity contribution is 5.89. The smallest absolute Gasteiger partial charge is 0.317 e. The van der Waals surface area contributed by atoms with E-state index in [9.17, 15) is 14.4 Å². The minimum atomic E-state index is -0.882. The quantitative estimate of drug-likeness (QED) is 0.712. The number of ether oxygens (including phenoxy) is 1. The number of carboxylic acids is 1. The molecular weight excluding hydrogens is 338 g/mol. The molecule has 8 heteroatoms. The van der Waals surface area contributed by atoms with Gasteiger partial charge in [-0.25, -0.2) is 0 Å². The fourth-order valence-corrected chi connectivity index (χ4v) is 4.40. The Hall–Kier alpha value is -1.67. The van der Waals surface area contributed by atoms with Gasteiger partial charge in [0.1, 0.15) is 0 Å². The van der Waals surface area contributed by atoms with Crippen molar-refractivity contribution in [2.45, 2.75) is 44.2 Å². The molecule has 8 nitrogen and oxygen atoms in total. The second kappa shape index (κ2) is 8.35. The number of aliphatic carboxylic acids is 1. The number of rotatable bonds is 6. The van der Waals surface area contributed by atoms with Crippen LogP contribution in [0.2, 0.25) is 0 Å². The van der Waals surface area contributed by atoms with Crippen molar-refractivity contribution in [3.05, 3.63) is 0 Å². The predicted octanol–water partition coefficient (Wildman–Crippen LogP) is 0.0213. The van der Waals surface area contributed by atoms with Crippen LogP contribution in [0.1, 0.15) is 32.1 Å². The highest BCUT2D eigenvalue weighted by atomic mass is 16.5. The number of likely N-dealkylation sites (N-methyl/N-ethyl adjacent to an activating group) is 1. The van der Waals surface area contributed by atoms with Crippen LogP contribution in [0.25, 0.3) is 0 Å². The summed E-state index contributed by atoms with van der Waals surface area (Å²) in [5.74, 6) is -0.986. The Morgan fingerprint density at radius 3 is 2.69 bits per heavy atom. The van der Waals surface area contributed by atoms with E-state index in [0.29, 0.717) is 45.2 Å². The van der Waals surface area contributed by atoms with Gasteiger partial charge in [-0.1, -0.05) is 12.8 Å². The molecule has 3 fully saturated rings. The number of nitrogens with zero attached hydrogens (tertiary/aromatic N) is 3. The summed E-state index contributed by atoms with van der Waals surface area (Å²) in [6.45, 7) is 2.39. The average molecular weight is 367 g/mol. The molecule has 3 rings (SSSR count). The normalized spacial score (nSPS) is 27.5. The molecule has 0 aromatic heterocycles. The Morgan fingerprint density at radius 1 is 1.27 bits per heavy atom. The third-order valence-electron chi connectivity index (χ3n) is 5.64. The van der Waals surface area contributed by atoms with E-state index in [4.69, 9.17) is 9.84 Å². The maximum Gasteiger partial charge on any atom is 0.317 e. The summed E-state index contributed by atoms with van der Waals surface area (Å²) in [4.78, 5) is 41.4. The maximum absolute atomic E-state index is 12.9. The summed E-state index contributed by atoms with van der Waals surface area (Å²) >= 11 is 0. The van der Waals surface area contributed by atoms with E-state index in [1.54, 1.807) is 16.8 Å². The van der Waals surface area contributed by atoms with Crippen molar-refractivity contribution in [1.29, 1.82) is 0 Å². The summed E-state index contributed by atoms with van der Waals surface area (Å²) in [6.07, 6.45) is 4.57. The van der Waals surface area contributed by atoms with Gasteiger partial charge in [-0.05, 0) is 19.9 Å². The molecule has 146 valence electrons. The van der Waals surface area contributed by atoms with Gasteiger partial charge in [0.25, 0.3) is 0 Å². The van der Waals surface area contributed by atoms with Crippen LogP contribution in [0.5, 0.6) is 0 Å². The summed E-state index contributed by atoms with van der Waals surface area (Å²) in [7, 11) is 1.73. The van der Waals surface area contributed by atoms with Crippen LogP contribution in [0, 0.1) is 5.92 Å². The summed E-state index contributed by atoms with van der Waals surface area (Å²) in [5.41, 5.74) is 0. The molecule has 0 unspecified atom stereocenters. The number of carboxylic acid groups (broad SMARTS) is 1. The maximum atomic E-state index is 12.9. The van der Waals surface area contributed by atoms with Gasteiger partial charge < -0.3 is 19.6 Å². The summed E-state index contributed by atoms with van der Waals surface area (Å²) < 4.78 is 5.69. The number of amides is 2. The molecule has 0 aromatic rings. The minimum absolute atomic E-state index is 0.0352. The zero-order valence-electron chi connectivity index (χ0n) is 15.4. The molecule has 0 radical (unpaired) electrons. The molecule has 2 saturated heterocycles. The lowest BCUT2D eigenvalue weighted by molar-refractivity contribution is -0.145. The lowest BCUT2D eigenvalue weighted by Crippen LogP contribution is -2.51. The third kappa shape index (κ3) is 4.54. The number of carbonyl (C=O) groups is 3. The molecule has 3 aliphatic rings. The van der Waals surface area contributed by atoms with Crippen LogP contribution >= 0.6 is 0 Å². The lowest BCUT2D eigenvalue weighted by Gasteiger charge is -2.35. The number of hydrogen-bond donors (Lipinski definition) is 1. The topological polar surface area (TPSA) is 90.4 Å². The van der Waals surface area contributed by atoms with Crippen LogP contribution in [-0.2, 0) is 19.1 Å². The molecule has 2 aliphatic heterocycles. The fraction of sp³-hybridized carbons (Fsp3) is 0.833. The Bertz CT molecular complexity index is 549. The molecule has 0 bridgehead atoms. The summed E-state index contributed by atoms with van der Waals surface area (Å²) in [6, 6.07) is 0.322. The number of carbonyl (C=O) groups excluding carboxylic acids is 2. The minimum Gasteiger partial charge on any atom is -0.480 e. The van der Waals surface area contributed by atoms with E-state index in [-0.39, 0.29) is 30.4 Å². The fourth-order valence-electron chi connectivity index (χ4n) is 4.40. The Morgan fingerprint density at radius 2 is 2.00 bits per heavy atom. The van der Waals surface area contributed by atoms with Gasteiger partial charge >= 0.3 is 5.97 Å². The standard InChI is InChI=1S/C18H29N3O5/c1-19(12-17(23)24)10-15-11-20(6-7-26-15)18(25)13-8-16(22)21(9-13)14-4-2-3-5-14/h13-15H,2-12H2,1H3,(H,23,24)/t13-,15-/m0/s1. The van der Waals surface area contributed by atoms with Gasteiger partial charge in [-0.15, -0.1) is 0 Å². The van der Waals surface area contributed by atoms with E-state index in [1.807, 2.05) is 4.90 Å². The van der Waals surface area contributed by atoms with Crippen molar-refractivity contribution in [2.24, 2.45) is 5.92 Å². The molecule has 2 amide bonds. The van der Waals surface area contributed by atoms with Gasteiger partial charge in [0.15, 0.2) is 0 Å². The number of morpholine rings is 1. The van der Waals surface area contributed by atoms with Crippen molar-refractivity contribution in [3.8, 4) is 0 Å². The predicted molar refractivity (Wildman–Crippen MR) is 93.5 cm³/mol. The van der Waals surface area contributed by atoms with Crippen LogP contribution in [0.15, 0.2) is 0 Å². The molecule has 2 atom stereocenters. The number of likely N-dealkylation sites (tertiary alicyclic amines) is 1. The Kier molecular flexibility index (Phi) is 6.13. The molecule has 1 saturated carbocycles. The Labute approximate surface area is 154 Å². The zero-order chi connectivity index (χ0) is 18.7. The first-order valence-electron chi connectivity index (χ1n) is 9.54. The Balaban J connectivity index is 1.52. The second-order valence-electron chi connectivity index (χ2n) is 7.75. The number of hydrogen-bond acceptors (Lipinski definition) is 5. The second-order valence-corrected chi connectivity index (χ2v) is 7.75. The molecule has 26 heavy (non-hydrogen) atoms. The monoisotopic (exact) mass is 367 g/mol. The third-order valence-corrected chi connectivity index (χ3v) is 5.64. The molecule has 1 N–H and O–H groups in total. The first-order chi connectivity index (χ1) is 12.4. The van der Waals surface area contributed by atoms with Crippen molar-refractivity contribution >= 4 is 17.8 Å². The van der Waals surface area contributed by atoms with E-state index < -0.39 is 5.97 Å². The highest BCUT2D eigenvalue weighted by Crippen LogP contribution is 2.30. The van der Waals surface area contributed by atoms with Gasteiger partial charge in [0.2, 0.25) is 11.8 Å². The molecule has 1 aliphatic carbocycles. The van der Waals surface area contributed by atoms with E-state index in [0.717, 1.165) is 12.8 Å². The molecule has 0 aromatic carbocycles. The first-order valence-corrected chi connectivity index (χ1v) is 9.54. The first kappa shape index (κ1) is 19.1. The molecule has 0 spiro atoms. The van der Waals surface area contributed by atoms with Gasteiger partial charge in [-0.2, -0.15) is 0 Å². The van der Waals surface area contributed by atoms with Crippen LogP contribution in [0.4, 0.5) is 0 Å². The van der Waals surface area contributed by atoms with E-state index in [2.05, 4.69) is 0 Å². The molecular formula is C18H29N3O5. The van der Waals surface area contributed by atoms with Gasteiger partial charge in [0.05, 0.1) is 25.2 Å². The highest BCUT2D eigenvalue weighted by Gasteiger charge is 2.41. The van der Waals surface area contributed by atoms with Gasteiger partial charge in [-0.3, -0.25) is 19.3 Å². The van der Waals surface area contributed by atoms with E-state index in [1.165, 1.54) is 12.8 Å². The lowest BCUT2D eigenvalue weighted by atomic mass is 10.1. The van der Waals surface area contributed by atoms with Crippen molar-refractivity contribution < 1.29 is 24.2 Å². The zero-order valence-corrected chi connectivity index (χ0v) is 15.4. The molecule has 2 heterocycles. The van der Waals surface area contributed by atoms with Crippen LogP contribution in [-0.4, -0.2) is 96.1 Å². The van der Waals surface area contributed by atoms with Crippen molar-refractivity contribution in [1.82, 2.24) is 14.7 Å². The van der Waals surface area contributed by atoms with E-state index >= 15 is 0 Å². The van der Waals surface area contributed by atoms with Crippen molar-refractivity contribution in [2.75, 3.05) is 46.4 Å². The van der Waals surface area contributed by atoms with Crippen LogP contribution < -0.4 is 0 Å². The van der Waals surface area contributed by atoms with Crippen LogP contribution in [0.3, 0.4) is 0 Å². The van der Waals surface area contributed by atoms with Crippen molar-refractivity contribution in [3.63, 3.8) is 0 Å².